The van der Waals surface area contributed by atoms with Gasteiger partial charge in [-0.3, -0.25) is 9.78 Å². The monoisotopic (exact) mass is 667 g/mol. The van der Waals surface area contributed by atoms with Crippen molar-refractivity contribution < 1.29 is 35.1 Å². The number of ether oxygens (including phenoxy) is 1. The maximum Gasteiger partial charge on any atom is 0.251 e. The molecule has 2 fully saturated rings. The number of halogens is 1. The van der Waals surface area contributed by atoms with E-state index >= 15 is 0 Å². The van der Waals surface area contributed by atoms with Gasteiger partial charge >= 0.3 is 0 Å². The molecule has 1 heterocycles. The molecule has 0 radical (unpaired) electrons. The summed E-state index contributed by atoms with van der Waals surface area (Å²) in [6.07, 6.45) is 3.28. The minimum absolute atomic E-state index is 0.188. The zero-order valence-corrected chi connectivity index (χ0v) is 27.4. The van der Waals surface area contributed by atoms with Crippen LogP contribution < -0.4 is 15.4 Å². The van der Waals surface area contributed by atoms with Gasteiger partial charge in [0.2, 0.25) is 0 Å². The number of aromatic nitrogens is 1. The van der Waals surface area contributed by atoms with Gasteiger partial charge in [-0.05, 0) is 84.9 Å². The van der Waals surface area contributed by atoms with E-state index < -0.39 is 36.9 Å². The Hall–Kier alpha value is -3.09. The summed E-state index contributed by atoms with van der Waals surface area (Å²) in [5.74, 6) is 0.302. The molecule has 5 rings (SSSR count). The van der Waals surface area contributed by atoms with Crippen LogP contribution >= 0.6 is 11.6 Å². The lowest BCUT2D eigenvalue weighted by atomic mass is 9.93. The first-order valence-corrected chi connectivity index (χ1v) is 16.9. The molecular weight excluding hydrogens is 622 g/mol. The highest BCUT2D eigenvalue weighted by atomic mass is 35.5. The predicted octanol–water partition coefficient (Wildman–Crippen LogP) is 3.55. The van der Waals surface area contributed by atoms with Crippen molar-refractivity contribution in [2.75, 3.05) is 13.2 Å². The largest absolute Gasteiger partial charge is 0.490 e. The second kappa shape index (κ2) is 15.9. The number of pyridine rings is 1. The van der Waals surface area contributed by atoms with Crippen LogP contribution in [0, 0.1) is 0 Å². The van der Waals surface area contributed by atoms with Crippen molar-refractivity contribution in [3.8, 4) is 16.9 Å². The highest BCUT2D eigenvalue weighted by Gasteiger charge is 2.46. The fourth-order valence-electron chi connectivity index (χ4n) is 5.87. The number of amides is 1. The molecule has 11 heteroatoms. The highest BCUT2D eigenvalue weighted by Crippen LogP contribution is 2.50. The zero-order chi connectivity index (χ0) is 33.6. The SMILES string of the molecule is CC(CCCCNC(=O)C(O)C(O)C(O)C(O)CO)c1ccc(Cl)c(CNC2(c3cnccc3-c3ccccc3OC3CC3)CC2)c1. The van der Waals surface area contributed by atoms with Gasteiger partial charge < -0.3 is 40.9 Å². The van der Waals surface area contributed by atoms with Crippen LogP contribution in [0.4, 0.5) is 0 Å². The third-order valence-electron chi connectivity index (χ3n) is 9.22. The van der Waals surface area contributed by atoms with Gasteiger partial charge in [-0.15, -0.1) is 0 Å². The molecule has 5 atom stereocenters. The van der Waals surface area contributed by atoms with E-state index in [1.165, 1.54) is 11.1 Å². The van der Waals surface area contributed by atoms with Crippen LogP contribution in [0.25, 0.3) is 11.1 Å². The third kappa shape index (κ3) is 8.88. The number of nitrogens with one attached hydrogen (secondary N) is 2. The molecule has 0 saturated heterocycles. The molecule has 3 aromatic rings. The summed E-state index contributed by atoms with van der Waals surface area (Å²) in [5, 5.41) is 55.0. The average molecular weight is 668 g/mol. The van der Waals surface area contributed by atoms with E-state index in [4.69, 9.17) is 21.4 Å². The number of para-hydroxylation sites is 1. The minimum atomic E-state index is -1.93. The molecule has 47 heavy (non-hydrogen) atoms. The Labute approximate surface area is 280 Å². The summed E-state index contributed by atoms with van der Waals surface area (Å²) in [4.78, 5) is 16.6. The molecule has 7 N–H and O–H groups in total. The molecule has 2 aliphatic rings. The van der Waals surface area contributed by atoms with Crippen molar-refractivity contribution in [1.29, 1.82) is 0 Å². The van der Waals surface area contributed by atoms with Crippen LogP contribution in [0.5, 0.6) is 5.75 Å². The lowest BCUT2D eigenvalue weighted by Crippen LogP contribution is -2.51. The first kappa shape index (κ1) is 35.2. The van der Waals surface area contributed by atoms with Gasteiger partial charge in [0, 0.05) is 41.6 Å². The standard InChI is InChI=1S/C36H46ClN3O7/c1-22(6-4-5-16-39-35(46)34(45)33(44)32(43)30(42)21-41)23-9-12-29(37)24(18-23)19-40-36(14-15-36)28-20-38-17-13-26(28)27-7-2-3-8-31(27)47-25-10-11-25/h2-3,7-9,12-13,17-18,20,22,25,30,32-34,40-45H,4-6,10-11,14-16,19,21H2,1H3,(H,39,46). The van der Waals surface area contributed by atoms with Gasteiger partial charge in [-0.2, -0.15) is 0 Å². The number of hydrogen-bond donors (Lipinski definition) is 7. The Kier molecular flexibility index (Phi) is 11.9. The van der Waals surface area contributed by atoms with Crippen LogP contribution in [-0.4, -0.2) is 80.1 Å². The number of nitrogens with zero attached hydrogens (tertiary/aromatic N) is 1. The normalized spacial score (nSPS) is 18.5. The second-order valence-corrected chi connectivity index (χ2v) is 13.3. The minimum Gasteiger partial charge on any atom is -0.490 e. The van der Waals surface area contributed by atoms with Crippen molar-refractivity contribution in [2.45, 2.75) is 100 Å². The smallest absolute Gasteiger partial charge is 0.251 e. The van der Waals surface area contributed by atoms with Gasteiger partial charge in [-0.1, -0.05) is 55.3 Å². The van der Waals surface area contributed by atoms with Gasteiger partial charge in [0.15, 0.2) is 6.10 Å². The predicted molar refractivity (Wildman–Crippen MR) is 179 cm³/mol. The Morgan fingerprint density at radius 2 is 1.81 bits per heavy atom. The number of unbranched alkanes of at least 4 members (excludes halogenated alkanes) is 1. The molecule has 5 unspecified atom stereocenters. The Morgan fingerprint density at radius 1 is 1.04 bits per heavy atom. The molecule has 2 saturated carbocycles. The summed E-state index contributed by atoms with van der Waals surface area (Å²) >= 11 is 6.68. The lowest BCUT2D eigenvalue weighted by molar-refractivity contribution is -0.148. The molecular formula is C36H46ClN3O7. The molecule has 2 aliphatic carbocycles. The average Bonchev–Trinajstić information content (AvgIpc) is 4.04. The highest BCUT2D eigenvalue weighted by molar-refractivity contribution is 6.31. The first-order valence-electron chi connectivity index (χ1n) is 16.5. The molecule has 1 aromatic heterocycles. The van der Waals surface area contributed by atoms with Crippen LogP contribution in [0.1, 0.15) is 74.5 Å². The summed E-state index contributed by atoms with van der Waals surface area (Å²) in [7, 11) is 0. The second-order valence-electron chi connectivity index (χ2n) is 12.9. The van der Waals surface area contributed by atoms with E-state index in [-0.39, 0.29) is 18.0 Å². The van der Waals surface area contributed by atoms with Gasteiger partial charge in [0.25, 0.3) is 5.91 Å². The van der Waals surface area contributed by atoms with Crippen molar-refractivity contribution in [1.82, 2.24) is 15.6 Å². The molecule has 0 bridgehead atoms. The van der Waals surface area contributed by atoms with E-state index in [2.05, 4.69) is 40.7 Å². The number of rotatable bonds is 18. The van der Waals surface area contributed by atoms with Crippen LogP contribution in [0.3, 0.4) is 0 Å². The summed E-state index contributed by atoms with van der Waals surface area (Å²) in [6.45, 7) is 2.23. The molecule has 1 amide bonds. The summed E-state index contributed by atoms with van der Waals surface area (Å²) in [5.41, 5.74) is 5.40. The van der Waals surface area contributed by atoms with Gasteiger partial charge in [-0.25, -0.2) is 0 Å². The van der Waals surface area contributed by atoms with Crippen molar-refractivity contribution in [2.24, 2.45) is 0 Å². The molecule has 0 aliphatic heterocycles. The zero-order valence-electron chi connectivity index (χ0n) is 26.7. The van der Waals surface area contributed by atoms with Crippen LogP contribution in [0.15, 0.2) is 60.9 Å². The summed E-state index contributed by atoms with van der Waals surface area (Å²) < 4.78 is 6.25. The Bertz CT molecular complexity index is 1500. The van der Waals surface area contributed by atoms with Crippen LogP contribution in [-0.2, 0) is 16.9 Å². The van der Waals surface area contributed by atoms with Crippen molar-refractivity contribution in [3.63, 3.8) is 0 Å². The number of aliphatic hydroxyl groups is 5. The lowest BCUT2D eigenvalue weighted by Gasteiger charge is -2.25. The number of carbonyl (C=O) groups excluding carboxylic acids is 1. The first-order chi connectivity index (χ1) is 22.6. The van der Waals surface area contributed by atoms with E-state index in [0.717, 1.165) is 61.0 Å². The van der Waals surface area contributed by atoms with E-state index in [1.807, 2.05) is 42.7 Å². The molecule has 0 spiro atoms. The fraction of sp³-hybridized carbons (Fsp3) is 0.500. The van der Waals surface area contributed by atoms with E-state index in [9.17, 15) is 25.2 Å². The Morgan fingerprint density at radius 3 is 2.53 bits per heavy atom. The summed E-state index contributed by atoms with van der Waals surface area (Å²) in [6, 6.07) is 16.5. The van der Waals surface area contributed by atoms with E-state index in [0.29, 0.717) is 24.1 Å². The van der Waals surface area contributed by atoms with Gasteiger partial charge in [0.1, 0.15) is 24.1 Å². The van der Waals surface area contributed by atoms with Gasteiger partial charge in [0.05, 0.1) is 12.7 Å². The maximum atomic E-state index is 12.2. The quantitative estimate of drug-likeness (QED) is 0.101. The maximum absolute atomic E-state index is 12.2. The Balaban J connectivity index is 1.14. The topological polar surface area (TPSA) is 164 Å². The number of aliphatic hydroxyl groups excluding tert-OH is 5. The van der Waals surface area contributed by atoms with Crippen molar-refractivity contribution in [3.05, 3.63) is 82.6 Å². The van der Waals surface area contributed by atoms with Crippen molar-refractivity contribution >= 4 is 17.5 Å². The van der Waals surface area contributed by atoms with E-state index in [1.54, 1.807) is 0 Å². The molecule has 254 valence electrons. The number of benzene rings is 2. The number of hydrogen-bond acceptors (Lipinski definition) is 9. The molecule has 2 aromatic carbocycles. The third-order valence-corrected chi connectivity index (χ3v) is 9.59. The molecule has 10 nitrogen and oxygen atoms in total. The van der Waals surface area contributed by atoms with Crippen LogP contribution in [0.2, 0.25) is 5.02 Å². The fourth-order valence-corrected chi connectivity index (χ4v) is 6.06. The number of carbonyl (C=O) groups is 1.